The fourth-order valence-electron chi connectivity index (χ4n) is 3.50. The topological polar surface area (TPSA) is 107 Å². The molecule has 0 atom stereocenters. The Morgan fingerprint density at radius 1 is 1.14 bits per heavy atom. The minimum absolute atomic E-state index is 0.0699. The number of nitriles is 1. The Labute approximate surface area is 164 Å². The number of H-pyrrole nitrogens is 1. The summed E-state index contributed by atoms with van der Waals surface area (Å²) in [7, 11) is 0. The molecular weight excluding hydrogens is 356 g/mol. The molecule has 0 unspecified atom stereocenters. The van der Waals surface area contributed by atoms with Gasteiger partial charge in [0.1, 0.15) is 5.60 Å². The van der Waals surface area contributed by atoms with Gasteiger partial charge in [-0.3, -0.25) is 4.79 Å². The Balaban J connectivity index is 1.53. The molecule has 0 bridgehead atoms. The van der Waals surface area contributed by atoms with E-state index in [1.54, 1.807) is 24.4 Å². The van der Waals surface area contributed by atoms with Crippen LogP contribution in [0.5, 0.6) is 0 Å². The first-order chi connectivity index (χ1) is 13.2. The lowest BCUT2D eigenvalue weighted by Gasteiger charge is -2.30. The van der Waals surface area contributed by atoms with E-state index in [-0.39, 0.29) is 18.0 Å². The number of alkyl carbamates (subject to hydrolysis) is 1. The van der Waals surface area contributed by atoms with Gasteiger partial charge in [-0.15, -0.1) is 0 Å². The Morgan fingerprint density at radius 3 is 2.39 bits per heavy atom. The van der Waals surface area contributed by atoms with Crippen molar-refractivity contribution in [1.29, 1.82) is 5.26 Å². The number of amides is 2. The van der Waals surface area contributed by atoms with Crippen molar-refractivity contribution in [2.75, 3.05) is 0 Å². The molecule has 3 N–H and O–H groups in total. The van der Waals surface area contributed by atoms with E-state index in [2.05, 4.69) is 21.7 Å². The van der Waals surface area contributed by atoms with Crippen LogP contribution in [0, 0.1) is 11.3 Å². The van der Waals surface area contributed by atoms with Crippen LogP contribution in [-0.2, 0) is 4.74 Å². The number of carbonyl (C=O) groups excluding carboxylic acids is 2. The van der Waals surface area contributed by atoms with Gasteiger partial charge in [0.25, 0.3) is 5.91 Å². The molecule has 0 saturated heterocycles. The number of carbonyl (C=O) groups is 2. The molecule has 0 aliphatic heterocycles. The molecule has 1 aromatic heterocycles. The maximum Gasteiger partial charge on any atom is 0.407 e. The predicted octanol–water partition coefficient (Wildman–Crippen LogP) is 3.61. The second-order valence-electron chi connectivity index (χ2n) is 8.24. The van der Waals surface area contributed by atoms with Gasteiger partial charge in [-0.1, -0.05) is 6.07 Å². The predicted molar refractivity (Wildman–Crippen MR) is 106 cm³/mol. The molecule has 2 amide bonds. The van der Waals surface area contributed by atoms with Gasteiger partial charge < -0.3 is 20.4 Å². The minimum Gasteiger partial charge on any atom is -0.444 e. The normalized spacial score (nSPS) is 19.6. The summed E-state index contributed by atoms with van der Waals surface area (Å²) >= 11 is 0. The summed E-state index contributed by atoms with van der Waals surface area (Å²) in [6.45, 7) is 5.51. The zero-order chi connectivity index (χ0) is 20.3. The molecule has 1 heterocycles. The zero-order valence-electron chi connectivity index (χ0n) is 16.5. The number of hydrogen-bond acceptors (Lipinski definition) is 4. The van der Waals surface area contributed by atoms with E-state index >= 15 is 0 Å². The molecule has 1 aliphatic rings. The second kappa shape index (κ2) is 7.93. The third-order valence-electron chi connectivity index (χ3n) is 4.84. The van der Waals surface area contributed by atoms with Crippen LogP contribution in [0.2, 0.25) is 0 Å². The molecule has 1 fully saturated rings. The number of rotatable bonds is 3. The van der Waals surface area contributed by atoms with Gasteiger partial charge in [-0.05, 0) is 58.6 Å². The third kappa shape index (κ3) is 4.83. The van der Waals surface area contributed by atoms with Crippen LogP contribution >= 0.6 is 0 Å². The van der Waals surface area contributed by atoms with Crippen LogP contribution in [0.15, 0.2) is 24.4 Å². The van der Waals surface area contributed by atoms with Crippen LogP contribution in [0.25, 0.3) is 10.9 Å². The maximum atomic E-state index is 12.7. The van der Waals surface area contributed by atoms with E-state index in [1.165, 1.54) is 0 Å². The Hall–Kier alpha value is -3.01. The zero-order valence-corrected chi connectivity index (χ0v) is 16.5. The first kappa shape index (κ1) is 19.7. The number of fused-ring (bicyclic) bond motifs is 1. The number of benzene rings is 1. The Kier molecular flexibility index (Phi) is 5.59. The second-order valence-corrected chi connectivity index (χ2v) is 8.24. The fourth-order valence-corrected chi connectivity index (χ4v) is 3.50. The summed E-state index contributed by atoms with van der Waals surface area (Å²) in [6, 6.07) is 7.48. The average Bonchev–Trinajstić information content (AvgIpc) is 3.05. The van der Waals surface area contributed by atoms with Gasteiger partial charge in [0.2, 0.25) is 0 Å². The quantitative estimate of drug-likeness (QED) is 0.754. The summed E-state index contributed by atoms with van der Waals surface area (Å²) in [4.78, 5) is 27.6. The highest BCUT2D eigenvalue weighted by Gasteiger charge is 2.26. The van der Waals surface area contributed by atoms with Crippen molar-refractivity contribution in [3.63, 3.8) is 0 Å². The van der Waals surface area contributed by atoms with Crippen molar-refractivity contribution < 1.29 is 14.3 Å². The first-order valence-corrected chi connectivity index (χ1v) is 9.57. The van der Waals surface area contributed by atoms with Crippen LogP contribution < -0.4 is 10.6 Å². The molecule has 0 radical (unpaired) electrons. The van der Waals surface area contributed by atoms with Crippen LogP contribution in [0.1, 0.15) is 62.4 Å². The molecule has 0 spiro atoms. The van der Waals surface area contributed by atoms with Gasteiger partial charge in [0, 0.05) is 29.2 Å². The lowest BCUT2D eigenvalue weighted by molar-refractivity contribution is 0.0488. The van der Waals surface area contributed by atoms with E-state index in [4.69, 9.17) is 10.00 Å². The van der Waals surface area contributed by atoms with Gasteiger partial charge in [-0.2, -0.15) is 5.26 Å². The molecule has 7 heteroatoms. The first-order valence-electron chi connectivity index (χ1n) is 9.57. The molecular formula is C21H26N4O3. The largest absolute Gasteiger partial charge is 0.444 e. The molecule has 2 aromatic rings. The lowest BCUT2D eigenvalue weighted by Crippen LogP contribution is -2.45. The molecule has 3 rings (SSSR count). The van der Waals surface area contributed by atoms with Gasteiger partial charge in [0.15, 0.2) is 0 Å². The summed E-state index contributed by atoms with van der Waals surface area (Å²) in [5.74, 6) is -0.125. The highest BCUT2D eigenvalue weighted by molar-refractivity contribution is 6.07. The lowest BCUT2D eigenvalue weighted by atomic mass is 9.91. The standard InChI is InChI=1S/C21H26N4O3/c1-21(2,3)28-20(27)25-15-7-5-14(6-8-15)24-19(26)17-12-23-18-10-13(11-22)4-9-16(17)18/h4,9-10,12,14-15,23H,5-8H2,1-3H3,(H,24,26)(H,25,27)/t14-,15-. The summed E-state index contributed by atoms with van der Waals surface area (Å²) in [5.41, 5.74) is 1.39. The molecule has 1 aromatic carbocycles. The third-order valence-corrected chi connectivity index (χ3v) is 4.84. The van der Waals surface area contributed by atoms with E-state index in [0.717, 1.165) is 36.6 Å². The smallest absolute Gasteiger partial charge is 0.407 e. The summed E-state index contributed by atoms with van der Waals surface area (Å²) in [5, 5.41) is 15.8. The maximum absolute atomic E-state index is 12.7. The van der Waals surface area contributed by atoms with E-state index < -0.39 is 11.7 Å². The minimum atomic E-state index is -0.511. The summed E-state index contributed by atoms with van der Waals surface area (Å²) in [6.07, 6.45) is 4.47. The summed E-state index contributed by atoms with van der Waals surface area (Å²) < 4.78 is 5.29. The molecule has 7 nitrogen and oxygen atoms in total. The van der Waals surface area contributed by atoms with Crippen molar-refractivity contribution in [2.45, 2.75) is 64.1 Å². The fraction of sp³-hybridized carbons (Fsp3) is 0.476. The number of aromatic nitrogens is 1. The average molecular weight is 382 g/mol. The van der Waals surface area contributed by atoms with Crippen molar-refractivity contribution in [3.05, 3.63) is 35.5 Å². The monoisotopic (exact) mass is 382 g/mol. The number of nitrogens with one attached hydrogen (secondary N) is 3. The van der Waals surface area contributed by atoms with Crippen molar-refractivity contribution in [2.24, 2.45) is 0 Å². The molecule has 1 aliphatic carbocycles. The van der Waals surface area contributed by atoms with Crippen molar-refractivity contribution in [1.82, 2.24) is 15.6 Å². The number of nitrogens with zero attached hydrogens (tertiary/aromatic N) is 1. The molecule has 1 saturated carbocycles. The Morgan fingerprint density at radius 2 is 1.79 bits per heavy atom. The number of aromatic amines is 1. The van der Waals surface area contributed by atoms with Gasteiger partial charge >= 0.3 is 6.09 Å². The highest BCUT2D eigenvalue weighted by atomic mass is 16.6. The van der Waals surface area contributed by atoms with Crippen LogP contribution in [0.4, 0.5) is 4.79 Å². The SMILES string of the molecule is CC(C)(C)OC(=O)N[C@H]1CC[C@H](NC(=O)c2c[nH]c3cc(C#N)ccc23)CC1. The number of ether oxygens (including phenoxy) is 1. The van der Waals surface area contributed by atoms with Gasteiger partial charge in [-0.25, -0.2) is 4.79 Å². The van der Waals surface area contributed by atoms with Gasteiger partial charge in [0.05, 0.1) is 17.2 Å². The van der Waals surface area contributed by atoms with Crippen molar-refractivity contribution in [3.8, 4) is 6.07 Å². The van der Waals surface area contributed by atoms with E-state index in [9.17, 15) is 9.59 Å². The Bertz CT molecular complexity index is 912. The molecule has 148 valence electrons. The van der Waals surface area contributed by atoms with E-state index in [0.29, 0.717) is 11.1 Å². The van der Waals surface area contributed by atoms with E-state index in [1.807, 2.05) is 20.8 Å². The molecule has 28 heavy (non-hydrogen) atoms. The van der Waals surface area contributed by atoms with Crippen molar-refractivity contribution >= 4 is 22.9 Å². The number of hydrogen-bond donors (Lipinski definition) is 3. The van der Waals surface area contributed by atoms with Crippen LogP contribution in [0.3, 0.4) is 0 Å². The highest BCUT2D eigenvalue weighted by Crippen LogP contribution is 2.22. The van der Waals surface area contributed by atoms with Crippen LogP contribution in [-0.4, -0.2) is 34.7 Å².